The highest BCUT2D eigenvalue weighted by Crippen LogP contribution is 2.34. The second kappa shape index (κ2) is 16.4. The van der Waals surface area contributed by atoms with E-state index >= 15 is 0 Å². The lowest BCUT2D eigenvalue weighted by atomic mass is 9.92. The highest BCUT2D eigenvalue weighted by Gasteiger charge is 2.32. The molecule has 2 aromatic heterocycles. The number of hydrogen-bond acceptors (Lipinski definition) is 4. The summed E-state index contributed by atoms with van der Waals surface area (Å²) in [5.74, 6) is 1.58. The van der Waals surface area contributed by atoms with E-state index in [1.807, 2.05) is 48.7 Å². The Morgan fingerprint density at radius 1 is 1.00 bits per heavy atom. The van der Waals surface area contributed by atoms with Crippen molar-refractivity contribution in [3.63, 3.8) is 0 Å². The molecule has 2 aromatic carbocycles. The first-order chi connectivity index (χ1) is 20.9. The molecule has 4 aromatic rings. The van der Waals surface area contributed by atoms with Gasteiger partial charge in [0, 0.05) is 23.6 Å². The number of para-hydroxylation sites is 2. The number of unbranched alkanes of at least 4 members (excludes halogenated alkanes) is 3. The smallest absolute Gasteiger partial charge is 0.338 e. The Labute approximate surface area is 256 Å². The molecule has 0 saturated carbocycles. The minimum atomic E-state index is -4.36. The van der Waals surface area contributed by atoms with Gasteiger partial charge in [0.1, 0.15) is 5.82 Å². The number of halogens is 3. The Hall–Kier alpha value is -3.49. The molecular formula is C35H41F3N4S. The van der Waals surface area contributed by atoms with Crippen LogP contribution < -0.4 is 5.73 Å². The van der Waals surface area contributed by atoms with Gasteiger partial charge in [0.05, 0.1) is 21.6 Å². The van der Waals surface area contributed by atoms with E-state index in [-0.39, 0.29) is 5.56 Å². The second-order valence-electron chi connectivity index (χ2n) is 10.9. The number of aromatic nitrogens is 3. The van der Waals surface area contributed by atoms with E-state index in [2.05, 4.69) is 27.3 Å². The predicted octanol–water partition coefficient (Wildman–Crippen LogP) is 10.0. The van der Waals surface area contributed by atoms with Crippen LogP contribution >= 0.6 is 11.3 Å². The number of benzene rings is 2. The second-order valence-corrected chi connectivity index (χ2v) is 11.9. The van der Waals surface area contributed by atoms with Crippen molar-refractivity contribution in [1.82, 2.24) is 15.0 Å². The fourth-order valence-corrected chi connectivity index (χ4v) is 5.96. The Bertz CT molecular complexity index is 1460. The summed E-state index contributed by atoms with van der Waals surface area (Å²) in [5.41, 5.74) is 8.72. The molecule has 1 atom stereocenters. The van der Waals surface area contributed by atoms with E-state index < -0.39 is 11.7 Å². The molecule has 1 aliphatic rings. The zero-order chi connectivity index (χ0) is 30.5. The number of nitrogens with one attached hydrogen (secondary N) is 1. The summed E-state index contributed by atoms with van der Waals surface area (Å²) in [5, 5.41) is 3.39. The average Bonchev–Trinajstić information content (AvgIpc) is 3.68. The Balaban J connectivity index is 0.000000217. The third kappa shape index (κ3) is 10.0. The molecule has 3 N–H and O–H groups in total. The Morgan fingerprint density at radius 2 is 1.77 bits per heavy atom. The maximum Gasteiger partial charge on any atom is 0.416 e. The Morgan fingerprint density at radius 3 is 2.44 bits per heavy atom. The van der Waals surface area contributed by atoms with E-state index in [0.717, 1.165) is 46.5 Å². The molecule has 228 valence electrons. The summed E-state index contributed by atoms with van der Waals surface area (Å²) in [4.78, 5) is 12.2. The molecule has 5 rings (SSSR count). The van der Waals surface area contributed by atoms with Crippen LogP contribution in [0.4, 0.5) is 13.2 Å². The van der Waals surface area contributed by atoms with Gasteiger partial charge in [-0.25, -0.2) is 9.97 Å². The van der Waals surface area contributed by atoms with Crippen molar-refractivity contribution in [1.29, 1.82) is 0 Å². The molecule has 4 nitrogen and oxygen atoms in total. The monoisotopic (exact) mass is 606 g/mol. The standard InChI is InChI=1S/C21H15F3N2.C14H26N2S/c22-21(23,24)17-6-2-1-5-16(17)13-14-9-11-15(12-10-14)20-25-18-7-3-4-8-19(18)26-20;1-2-3-4-7-13(8-5-6-9-15)12-14-16-10-11-17-14/h1-9,11-13H,10H2,(H,25,26);10-11,13H,2-9,12,15H2,1H3. The molecule has 2 heterocycles. The zero-order valence-corrected chi connectivity index (χ0v) is 25.6. The number of imidazole rings is 1. The lowest BCUT2D eigenvalue weighted by molar-refractivity contribution is -0.137. The highest BCUT2D eigenvalue weighted by atomic mass is 32.1. The summed E-state index contributed by atoms with van der Waals surface area (Å²) < 4.78 is 39.3. The van der Waals surface area contributed by atoms with Crippen molar-refractivity contribution in [2.75, 3.05) is 6.54 Å². The van der Waals surface area contributed by atoms with Crippen LogP contribution in [0.15, 0.2) is 83.9 Å². The Kier molecular flexibility index (Phi) is 12.4. The number of nitrogens with zero attached hydrogens (tertiary/aromatic N) is 2. The summed E-state index contributed by atoms with van der Waals surface area (Å²) >= 11 is 1.79. The van der Waals surface area contributed by atoms with Gasteiger partial charge < -0.3 is 10.7 Å². The number of rotatable bonds is 12. The van der Waals surface area contributed by atoms with Crippen molar-refractivity contribution in [2.45, 2.75) is 70.9 Å². The molecule has 8 heteroatoms. The first-order valence-corrected chi connectivity index (χ1v) is 16.0. The van der Waals surface area contributed by atoms with Gasteiger partial charge >= 0.3 is 6.18 Å². The van der Waals surface area contributed by atoms with E-state index in [1.54, 1.807) is 23.5 Å². The first kappa shape index (κ1) is 32.4. The number of nitrogens with two attached hydrogens (primary N) is 1. The van der Waals surface area contributed by atoms with Crippen molar-refractivity contribution < 1.29 is 13.2 Å². The van der Waals surface area contributed by atoms with Crippen LogP contribution in [0.25, 0.3) is 22.7 Å². The minimum Gasteiger partial charge on any atom is -0.338 e. The molecule has 0 bridgehead atoms. The normalized spacial score (nSPS) is 14.9. The number of hydrogen-bond donors (Lipinski definition) is 2. The van der Waals surface area contributed by atoms with Crippen LogP contribution in [0, 0.1) is 5.92 Å². The summed E-state index contributed by atoms with van der Waals surface area (Å²) in [7, 11) is 0. The SMILES string of the molecule is CCCCCC(CCCCN)Cc1nccs1.FC(F)(F)c1ccccc1C=C1C=CC(c2nc3ccccc3[nH]2)=CC1. The zero-order valence-electron chi connectivity index (χ0n) is 24.7. The lowest BCUT2D eigenvalue weighted by Crippen LogP contribution is -2.07. The molecule has 1 aliphatic carbocycles. The minimum absolute atomic E-state index is 0.181. The van der Waals surface area contributed by atoms with E-state index in [1.165, 1.54) is 68.5 Å². The van der Waals surface area contributed by atoms with E-state index in [9.17, 15) is 13.2 Å². The maximum atomic E-state index is 13.1. The molecule has 1 unspecified atom stereocenters. The fraction of sp³-hybridized carbons (Fsp3) is 0.371. The van der Waals surface area contributed by atoms with Crippen LogP contribution in [0.5, 0.6) is 0 Å². The van der Waals surface area contributed by atoms with Gasteiger partial charge in [0.2, 0.25) is 0 Å². The molecular weight excluding hydrogens is 565 g/mol. The summed E-state index contributed by atoms with van der Waals surface area (Å²) in [6.45, 7) is 3.10. The summed E-state index contributed by atoms with van der Waals surface area (Å²) in [6.07, 6.45) is 15.7. The predicted molar refractivity (Wildman–Crippen MR) is 174 cm³/mol. The fourth-order valence-electron chi connectivity index (χ4n) is 5.22. The van der Waals surface area contributed by atoms with Gasteiger partial charge in [-0.3, -0.25) is 0 Å². The number of fused-ring (bicyclic) bond motifs is 1. The van der Waals surface area contributed by atoms with Crippen molar-refractivity contribution in [3.8, 4) is 0 Å². The number of alkyl halides is 3. The van der Waals surface area contributed by atoms with Gasteiger partial charge in [-0.2, -0.15) is 13.2 Å². The molecule has 0 radical (unpaired) electrons. The van der Waals surface area contributed by atoms with Crippen LogP contribution in [0.1, 0.15) is 80.2 Å². The number of thiazole rings is 1. The number of H-pyrrole nitrogens is 1. The van der Waals surface area contributed by atoms with Crippen LogP contribution in [-0.2, 0) is 12.6 Å². The van der Waals surface area contributed by atoms with Crippen molar-refractivity contribution in [2.24, 2.45) is 11.7 Å². The van der Waals surface area contributed by atoms with Gasteiger partial charge in [0.25, 0.3) is 0 Å². The topological polar surface area (TPSA) is 67.6 Å². The molecule has 0 saturated heterocycles. The van der Waals surface area contributed by atoms with Gasteiger partial charge in [-0.15, -0.1) is 11.3 Å². The highest BCUT2D eigenvalue weighted by molar-refractivity contribution is 7.09. The van der Waals surface area contributed by atoms with E-state index in [0.29, 0.717) is 6.42 Å². The first-order valence-electron chi connectivity index (χ1n) is 15.2. The largest absolute Gasteiger partial charge is 0.416 e. The molecule has 43 heavy (non-hydrogen) atoms. The third-order valence-corrected chi connectivity index (χ3v) is 8.34. The molecule has 0 spiro atoms. The average molecular weight is 607 g/mol. The van der Waals surface area contributed by atoms with Crippen LogP contribution in [0.2, 0.25) is 0 Å². The third-order valence-electron chi connectivity index (χ3n) is 7.53. The van der Waals surface area contributed by atoms with Gasteiger partial charge in [0.15, 0.2) is 0 Å². The summed E-state index contributed by atoms with van der Waals surface area (Å²) in [6, 6.07) is 13.4. The number of aromatic amines is 1. The quantitative estimate of drug-likeness (QED) is 0.158. The van der Waals surface area contributed by atoms with Crippen molar-refractivity contribution >= 4 is 34.0 Å². The van der Waals surface area contributed by atoms with Crippen molar-refractivity contribution in [3.05, 3.63) is 106 Å². The molecule has 0 fully saturated rings. The lowest BCUT2D eigenvalue weighted by Gasteiger charge is -2.15. The van der Waals surface area contributed by atoms with Crippen LogP contribution in [-0.4, -0.2) is 21.5 Å². The van der Waals surface area contributed by atoms with E-state index in [4.69, 9.17) is 5.73 Å². The van der Waals surface area contributed by atoms with Crippen LogP contribution in [0.3, 0.4) is 0 Å². The molecule has 0 aliphatic heterocycles. The van der Waals surface area contributed by atoms with Gasteiger partial charge in [-0.1, -0.05) is 93.7 Å². The molecule has 0 amide bonds. The number of allylic oxidation sites excluding steroid dienone is 5. The maximum absolute atomic E-state index is 13.1. The van der Waals surface area contributed by atoms with Gasteiger partial charge in [-0.05, 0) is 61.1 Å².